The lowest BCUT2D eigenvalue weighted by Crippen LogP contribution is -2.61. The summed E-state index contributed by atoms with van der Waals surface area (Å²) in [6.07, 6.45) is 0.210. The molecule has 184 valence electrons. The van der Waals surface area contributed by atoms with Gasteiger partial charge in [0.15, 0.2) is 0 Å². The van der Waals surface area contributed by atoms with Gasteiger partial charge >= 0.3 is 18.0 Å². The quantitative estimate of drug-likeness (QED) is 0.396. The molecule has 0 N–H and O–H groups in total. The van der Waals surface area contributed by atoms with Gasteiger partial charge in [-0.25, -0.2) is 14.6 Å². The zero-order valence-corrected chi connectivity index (χ0v) is 20.8. The van der Waals surface area contributed by atoms with E-state index >= 15 is 0 Å². The summed E-state index contributed by atoms with van der Waals surface area (Å²) in [6.45, 7) is 7.37. The number of aromatic nitrogens is 1. The lowest BCUT2D eigenvalue weighted by atomic mass is 9.90. The topological polar surface area (TPSA) is 92.3 Å². The molecule has 0 aliphatic carbocycles. The fourth-order valence-electron chi connectivity index (χ4n) is 3.78. The highest BCUT2D eigenvalue weighted by Crippen LogP contribution is 2.30. The highest BCUT2D eigenvalue weighted by molar-refractivity contribution is 7.07. The van der Waals surface area contributed by atoms with Crippen LogP contribution in [-0.4, -0.2) is 84.7 Å². The Kier molecular flexibility index (Phi) is 9.14. The van der Waals surface area contributed by atoms with Gasteiger partial charge in [-0.05, 0) is 12.5 Å². The van der Waals surface area contributed by atoms with Crippen molar-refractivity contribution in [3.63, 3.8) is 0 Å². The van der Waals surface area contributed by atoms with Gasteiger partial charge in [0.1, 0.15) is 11.4 Å². The third kappa shape index (κ3) is 6.40. The van der Waals surface area contributed by atoms with Gasteiger partial charge in [-0.15, -0.1) is 11.3 Å². The lowest BCUT2D eigenvalue weighted by molar-refractivity contribution is -0.163. The molecule has 3 rings (SSSR count). The van der Waals surface area contributed by atoms with E-state index < -0.39 is 23.5 Å². The monoisotopic (exact) mass is 488 g/mol. The van der Waals surface area contributed by atoms with E-state index in [1.54, 1.807) is 36.7 Å². The van der Waals surface area contributed by atoms with Crippen LogP contribution in [0.4, 0.5) is 10.6 Å². The van der Waals surface area contributed by atoms with Gasteiger partial charge in [-0.1, -0.05) is 37.3 Å². The number of morpholine rings is 1. The maximum Gasteiger partial charge on any atom is 0.340 e. The number of ether oxygens (including phenoxy) is 2. The Morgan fingerprint density at radius 1 is 1.21 bits per heavy atom. The average molecular weight is 489 g/mol. The van der Waals surface area contributed by atoms with E-state index in [4.69, 9.17) is 9.47 Å². The van der Waals surface area contributed by atoms with Crippen LogP contribution >= 0.6 is 11.3 Å². The van der Waals surface area contributed by atoms with Crippen LogP contribution in [0.3, 0.4) is 0 Å². The summed E-state index contributed by atoms with van der Waals surface area (Å²) in [7, 11) is 1.70. The Hall–Kier alpha value is -2.82. The molecule has 34 heavy (non-hydrogen) atoms. The number of urea groups is 1. The molecule has 1 aliphatic heterocycles. The highest BCUT2D eigenvalue weighted by Gasteiger charge is 2.47. The van der Waals surface area contributed by atoms with Crippen LogP contribution in [0, 0.1) is 0 Å². The number of anilines is 1. The zero-order valence-electron chi connectivity index (χ0n) is 19.9. The van der Waals surface area contributed by atoms with Crippen molar-refractivity contribution < 1.29 is 23.9 Å². The molecule has 1 fully saturated rings. The van der Waals surface area contributed by atoms with Crippen molar-refractivity contribution in [3.8, 4) is 0 Å². The number of rotatable bonds is 9. The molecular formula is C24H32N4O5S. The first-order valence-corrected chi connectivity index (χ1v) is 12.3. The Labute approximate surface area is 204 Å². The molecule has 2 amide bonds. The summed E-state index contributed by atoms with van der Waals surface area (Å²) in [5, 5.41) is 1.71. The van der Waals surface area contributed by atoms with Crippen molar-refractivity contribution in [3.05, 3.63) is 46.8 Å². The molecular weight excluding hydrogens is 456 g/mol. The molecule has 0 spiro atoms. The number of likely N-dealkylation sites (N-methyl/N-ethyl adjacent to an activating group) is 1. The van der Waals surface area contributed by atoms with Crippen molar-refractivity contribution in [2.24, 2.45) is 0 Å². The van der Waals surface area contributed by atoms with Crippen molar-refractivity contribution >= 4 is 35.1 Å². The van der Waals surface area contributed by atoms with Gasteiger partial charge < -0.3 is 14.4 Å². The highest BCUT2D eigenvalue weighted by atomic mass is 32.1. The van der Waals surface area contributed by atoms with Gasteiger partial charge in [0, 0.05) is 51.4 Å². The molecule has 1 aromatic heterocycles. The number of esters is 2. The van der Waals surface area contributed by atoms with Crippen LogP contribution in [0.5, 0.6) is 0 Å². The van der Waals surface area contributed by atoms with Crippen LogP contribution in [0.2, 0.25) is 0 Å². The Balaban J connectivity index is 1.91. The summed E-state index contributed by atoms with van der Waals surface area (Å²) in [6, 6.07) is 8.96. The fourth-order valence-corrected chi connectivity index (χ4v) is 4.30. The maximum absolute atomic E-state index is 13.8. The molecule has 1 atom stereocenters. The van der Waals surface area contributed by atoms with E-state index in [0.717, 1.165) is 18.7 Å². The first kappa shape index (κ1) is 25.8. The van der Waals surface area contributed by atoms with E-state index in [0.29, 0.717) is 32.1 Å². The van der Waals surface area contributed by atoms with E-state index in [2.05, 4.69) is 9.88 Å². The number of amides is 2. The zero-order chi connectivity index (χ0) is 24.6. The number of carbonyl (C=O) groups excluding carboxylic acids is 3. The molecule has 10 heteroatoms. The molecule has 0 saturated carbocycles. The van der Waals surface area contributed by atoms with Crippen molar-refractivity contribution in [2.45, 2.75) is 32.2 Å². The van der Waals surface area contributed by atoms with Gasteiger partial charge in [0.25, 0.3) is 0 Å². The number of carbonyl (C=O) groups is 3. The largest absolute Gasteiger partial charge is 0.391 e. The Bertz CT molecular complexity index is 950. The normalized spacial score (nSPS) is 15.9. The third-order valence-corrected chi connectivity index (χ3v) is 6.42. The number of hydrogen-bond acceptors (Lipinski definition) is 8. The van der Waals surface area contributed by atoms with Crippen LogP contribution in [0.25, 0.3) is 0 Å². The minimum absolute atomic E-state index is 0.0528. The van der Waals surface area contributed by atoms with E-state index in [1.165, 1.54) is 16.2 Å². The third-order valence-electron chi connectivity index (χ3n) is 5.84. The Morgan fingerprint density at radius 3 is 2.53 bits per heavy atom. The van der Waals surface area contributed by atoms with Gasteiger partial charge in [0.2, 0.25) is 0 Å². The summed E-state index contributed by atoms with van der Waals surface area (Å²) >= 11 is 1.32. The molecule has 9 nitrogen and oxygen atoms in total. The van der Waals surface area contributed by atoms with Gasteiger partial charge in [-0.3, -0.25) is 14.6 Å². The SMILES string of the molecule is CCC(=O)OC(=O)[C@](C)(Cc1ccccc1)N(C(=O)N(C)CCN1CCOCC1)c1cscn1. The average Bonchev–Trinajstić information content (AvgIpc) is 3.37. The van der Waals surface area contributed by atoms with E-state index in [9.17, 15) is 14.4 Å². The molecule has 0 bridgehead atoms. The summed E-state index contributed by atoms with van der Waals surface area (Å²) in [5.74, 6) is -1.09. The molecule has 0 radical (unpaired) electrons. The fraction of sp³-hybridized carbons (Fsp3) is 0.500. The molecule has 0 unspecified atom stereocenters. The second kappa shape index (κ2) is 12.0. The minimum atomic E-state index is -1.50. The lowest BCUT2D eigenvalue weighted by Gasteiger charge is -2.40. The maximum atomic E-state index is 13.8. The molecule has 1 aromatic carbocycles. The second-order valence-electron chi connectivity index (χ2n) is 8.39. The summed E-state index contributed by atoms with van der Waals surface area (Å²) < 4.78 is 10.6. The number of hydrogen-bond donors (Lipinski definition) is 0. The molecule has 2 aromatic rings. The number of benzene rings is 1. The molecule has 2 heterocycles. The minimum Gasteiger partial charge on any atom is -0.391 e. The van der Waals surface area contributed by atoms with Crippen molar-refractivity contribution in [1.29, 1.82) is 0 Å². The predicted octanol–water partition coefficient (Wildman–Crippen LogP) is 2.81. The van der Waals surface area contributed by atoms with E-state index in [-0.39, 0.29) is 12.8 Å². The first-order chi connectivity index (χ1) is 16.3. The van der Waals surface area contributed by atoms with E-state index in [1.807, 2.05) is 30.3 Å². The smallest absolute Gasteiger partial charge is 0.340 e. The van der Waals surface area contributed by atoms with Crippen LogP contribution < -0.4 is 4.90 Å². The van der Waals surface area contributed by atoms with Crippen LogP contribution in [-0.2, 0) is 25.5 Å². The molecule has 1 saturated heterocycles. The first-order valence-electron chi connectivity index (χ1n) is 11.4. The number of nitrogens with zero attached hydrogens (tertiary/aromatic N) is 4. The van der Waals surface area contributed by atoms with Crippen molar-refractivity contribution in [2.75, 3.05) is 51.3 Å². The second-order valence-corrected chi connectivity index (χ2v) is 9.11. The Morgan fingerprint density at radius 2 is 1.91 bits per heavy atom. The van der Waals surface area contributed by atoms with Gasteiger partial charge in [0.05, 0.1) is 18.7 Å². The number of thiazole rings is 1. The van der Waals surface area contributed by atoms with Crippen molar-refractivity contribution in [1.82, 2.24) is 14.8 Å². The van der Waals surface area contributed by atoms with Crippen LogP contribution in [0.1, 0.15) is 25.8 Å². The molecule has 1 aliphatic rings. The van der Waals surface area contributed by atoms with Crippen LogP contribution in [0.15, 0.2) is 41.2 Å². The van der Waals surface area contributed by atoms with Gasteiger partial charge in [-0.2, -0.15) is 0 Å². The summed E-state index contributed by atoms with van der Waals surface area (Å²) in [4.78, 5) is 48.7. The summed E-state index contributed by atoms with van der Waals surface area (Å²) in [5.41, 5.74) is 0.939. The predicted molar refractivity (Wildman–Crippen MR) is 130 cm³/mol. The standard InChI is InChI=1S/C24H32N4O5S/c1-4-21(29)33-22(30)24(2,16-19-8-6-5-7-9-19)28(20-17-34-18-25-20)23(31)26(3)10-11-27-12-14-32-15-13-27/h5-9,17-18H,4,10-16H2,1-3H3/t24-/m0/s1.